The Labute approximate surface area is 184 Å². The number of aryl methyl sites for hydroxylation is 1. The Morgan fingerprint density at radius 2 is 1.82 bits per heavy atom. The zero-order valence-corrected chi connectivity index (χ0v) is 18.9. The number of hydrogen-bond donors (Lipinski definition) is 3. The van der Waals surface area contributed by atoms with Crippen LogP contribution in [0.1, 0.15) is 32.3 Å². The molecule has 1 atom stereocenters. The first-order chi connectivity index (χ1) is 13.0. The highest BCUT2D eigenvalue weighted by atomic mass is 127. The molecular weight excluding hydrogens is 467 g/mol. The lowest BCUT2D eigenvalue weighted by molar-refractivity contribution is 0.0672. The molecule has 7 heteroatoms. The van der Waals surface area contributed by atoms with Gasteiger partial charge in [0, 0.05) is 31.9 Å². The smallest absolute Gasteiger partial charge is 0.250 e. The van der Waals surface area contributed by atoms with E-state index in [2.05, 4.69) is 15.6 Å². The summed E-state index contributed by atoms with van der Waals surface area (Å²) in [5, 5.41) is 17.2. The predicted molar refractivity (Wildman–Crippen MR) is 125 cm³/mol. The Hall–Kier alpha value is -1.87. The zero-order chi connectivity index (χ0) is 19.5. The Balaban J connectivity index is 0.00000392. The topological polar surface area (TPSA) is 78.7 Å². The van der Waals surface area contributed by atoms with Crippen LogP contribution >= 0.6 is 24.0 Å². The van der Waals surface area contributed by atoms with Crippen LogP contribution in [0.15, 0.2) is 64.5 Å². The molecule has 0 aliphatic rings. The van der Waals surface area contributed by atoms with Gasteiger partial charge in [-0.2, -0.15) is 0 Å². The molecule has 0 saturated carbocycles. The normalized spacial score (nSPS) is 13.3. The van der Waals surface area contributed by atoms with Gasteiger partial charge in [-0.25, -0.2) is 4.99 Å². The van der Waals surface area contributed by atoms with E-state index in [0.717, 1.165) is 31.5 Å². The summed E-state index contributed by atoms with van der Waals surface area (Å²) in [7, 11) is 0. The van der Waals surface area contributed by atoms with Gasteiger partial charge in [-0.05, 0) is 38.3 Å². The number of hydrogen-bond acceptors (Lipinski definition) is 3. The monoisotopic (exact) mass is 498 g/mol. The fraction of sp³-hybridized carbons (Fsp3) is 0.429. The minimum atomic E-state index is -1.02. The SMILES string of the molecule is CCNC(=NCC(C)(O)c1ccccc1)NCCCCn1ccccc1=O.I. The van der Waals surface area contributed by atoms with Crippen molar-refractivity contribution in [1.82, 2.24) is 15.2 Å². The first-order valence-corrected chi connectivity index (χ1v) is 9.48. The van der Waals surface area contributed by atoms with Crippen LogP contribution in [0.5, 0.6) is 0 Å². The second kappa shape index (κ2) is 12.6. The fourth-order valence-corrected chi connectivity index (χ4v) is 2.72. The van der Waals surface area contributed by atoms with Gasteiger partial charge < -0.3 is 20.3 Å². The van der Waals surface area contributed by atoms with Crippen molar-refractivity contribution >= 4 is 29.9 Å². The molecule has 0 aliphatic heterocycles. The molecule has 0 amide bonds. The predicted octanol–water partition coefficient (Wildman–Crippen LogP) is 2.71. The first-order valence-electron chi connectivity index (χ1n) is 9.48. The van der Waals surface area contributed by atoms with Crippen molar-refractivity contribution in [3.63, 3.8) is 0 Å². The van der Waals surface area contributed by atoms with E-state index in [4.69, 9.17) is 0 Å². The van der Waals surface area contributed by atoms with E-state index < -0.39 is 5.60 Å². The molecule has 1 unspecified atom stereocenters. The molecule has 6 nitrogen and oxygen atoms in total. The molecule has 0 radical (unpaired) electrons. The minimum Gasteiger partial charge on any atom is -0.384 e. The third-order valence-corrected chi connectivity index (χ3v) is 4.30. The summed E-state index contributed by atoms with van der Waals surface area (Å²) >= 11 is 0. The Kier molecular flexibility index (Phi) is 10.8. The van der Waals surface area contributed by atoms with E-state index in [9.17, 15) is 9.90 Å². The second-order valence-corrected chi connectivity index (χ2v) is 6.70. The maximum atomic E-state index is 11.7. The number of halogens is 1. The third kappa shape index (κ3) is 8.02. The number of nitrogens with zero attached hydrogens (tertiary/aromatic N) is 2. The Morgan fingerprint density at radius 1 is 1.11 bits per heavy atom. The van der Waals surface area contributed by atoms with Crippen molar-refractivity contribution < 1.29 is 5.11 Å². The number of aromatic nitrogens is 1. The van der Waals surface area contributed by atoms with Gasteiger partial charge in [0.2, 0.25) is 5.56 Å². The van der Waals surface area contributed by atoms with Crippen molar-refractivity contribution in [2.45, 2.75) is 38.8 Å². The summed E-state index contributed by atoms with van der Waals surface area (Å²) in [6.07, 6.45) is 3.63. The van der Waals surface area contributed by atoms with Crippen LogP contribution in [0.2, 0.25) is 0 Å². The molecule has 2 aromatic rings. The molecule has 0 spiro atoms. The average molecular weight is 498 g/mol. The minimum absolute atomic E-state index is 0. The molecule has 0 aliphatic carbocycles. The van der Waals surface area contributed by atoms with Gasteiger partial charge in [0.25, 0.3) is 0 Å². The number of pyridine rings is 1. The molecule has 1 aromatic carbocycles. The molecule has 1 heterocycles. The van der Waals surface area contributed by atoms with E-state index in [1.54, 1.807) is 23.6 Å². The van der Waals surface area contributed by atoms with Crippen LogP contribution in [-0.4, -0.2) is 35.3 Å². The first kappa shape index (κ1) is 24.2. The van der Waals surface area contributed by atoms with Crippen molar-refractivity contribution in [3.05, 3.63) is 70.6 Å². The lowest BCUT2D eigenvalue weighted by Gasteiger charge is -2.22. The van der Waals surface area contributed by atoms with Gasteiger partial charge in [0.05, 0.1) is 6.54 Å². The van der Waals surface area contributed by atoms with Gasteiger partial charge >= 0.3 is 0 Å². The van der Waals surface area contributed by atoms with Gasteiger partial charge in [-0.15, -0.1) is 24.0 Å². The summed E-state index contributed by atoms with van der Waals surface area (Å²) in [5.74, 6) is 0.686. The molecule has 0 saturated heterocycles. The highest BCUT2D eigenvalue weighted by Gasteiger charge is 2.22. The van der Waals surface area contributed by atoms with Crippen LogP contribution in [0.4, 0.5) is 0 Å². The average Bonchev–Trinajstić information content (AvgIpc) is 2.68. The van der Waals surface area contributed by atoms with Crippen molar-refractivity contribution in [3.8, 4) is 0 Å². The zero-order valence-electron chi connectivity index (χ0n) is 16.6. The number of nitrogens with one attached hydrogen (secondary N) is 2. The molecule has 154 valence electrons. The third-order valence-electron chi connectivity index (χ3n) is 4.30. The number of aliphatic hydroxyl groups is 1. The molecule has 1 aromatic heterocycles. The van der Waals surface area contributed by atoms with Gasteiger partial charge in [-0.1, -0.05) is 36.4 Å². The van der Waals surface area contributed by atoms with E-state index in [0.29, 0.717) is 12.5 Å². The van der Waals surface area contributed by atoms with Crippen LogP contribution in [0.25, 0.3) is 0 Å². The van der Waals surface area contributed by atoms with Gasteiger partial charge in [0.1, 0.15) is 5.60 Å². The molecular formula is C21H31IN4O2. The largest absolute Gasteiger partial charge is 0.384 e. The summed E-state index contributed by atoms with van der Waals surface area (Å²) in [4.78, 5) is 16.2. The maximum absolute atomic E-state index is 11.7. The molecule has 3 N–H and O–H groups in total. The summed E-state index contributed by atoms with van der Waals surface area (Å²) < 4.78 is 1.72. The van der Waals surface area contributed by atoms with Gasteiger partial charge in [0.15, 0.2) is 5.96 Å². The quantitative estimate of drug-likeness (QED) is 0.215. The highest BCUT2D eigenvalue weighted by molar-refractivity contribution is 14.0. The maximum Gasteiger partial charge on any atom is 0.250 e. The number of unbranched alkanes of at least 4 members (excludes halogenated alkanes) is 1. The molecule has 28 heavy (non-hydrogen) atoms. The lowest BCUT2D eigenvalue weighted by atomic mass is 9.96. The van der Waals surface area contributed by atoms with Crippen molar-refractivity contribution in [2.24, 2.45) is 4.99 Å². The Morgan fingerprint density at radius 3 is 2.50 bits per heavy atom. The Bertz CT molecular complexity index is 775. The highest BCUT2D eigenvalue weighted by Crippen LogP contribution is 2.20. The number of rotatable bonds is 9. The van der Waals surface area contributed by atoms with E-state index >= 15 is 0 Å². The van der Waals surface area contributed by atoms with Crippen LogP contribution in [0.3, 0.4) is 0 Å². The summed E-state index contributed by atoms with van der Waals surface area (Å²) in [6.45, 7) is 6.25. The van der Waals surface area contributed by atoms with E-state index in [1.165, 1.54) is 0 Å². The molecule has 2 rings (SSSR count). The summed E-state index contributed by atoms with van der Waals surface area (Å²) in [6, 6.07) is 14.8. The standard InChI is InChI=1S/C21H30N4O2.HI/c1-3-22-20(24-17-21(2,27)18-11-5-4-6-12-18)23-14-8-10-16-25-15-9-7-13-19(25)26;/h4-7,9,11-13,15,27H,3,8,10,14,16-17H2,1-2H3,(H2,22,23,24);1H. The van der Waals surface area contributed by atoms with E-state index in [-0.39, 0.29) is 36.1 Å². The van der Waals surface area contributed by atoms with E-state index in [1.807, 2.05) is 49.5 Å². The molecule has 0 bridgehead atoms. The number of benzene rings is 1. The van der Waals surface area contributed by atoms with Crippen LogP contribution in [-0.2, 0) is 12.1 Å². The van der Waals surface area contributed by atoms with Crippen molar-refractivity contribution in [2.75, 3.05) is 19.6 Å². The van der Waals surface area contributed by atoms with Gasteiger partial charge in [-0.3, -0.25) is 4.79 Å². The number of aliphatic imine (C=N–C) groups is 1. The summed E-state index contributed by atoms with van der Waals surface area (Å²) in [5.41, 5.74) is -0.139. The van der Waals surface area contributed by atoms with Crippen LogP contribution in [0, 0.1) is 0 Å². The fourth-order valence-electron chi connectivity index (χ4n) is 2.72. The van der Waals surface area contributed by atoms with Crippen LogP contribution < -0.4 is 16.2 Å². The number of guanidine groups is 1. The lowest BCUT2D eigenvalue weighted by Crippen LogP contribution is -2.39. The molecule has 0 fully saturated rings. The second-order valence-electron chi connectivity index (χ2n) is 6.70. The van der Waals surface area contributed by atoms with Crippen molar-refractivity contribution in [1.29, 1.82) is 0 Å².